The van der Waals surface area contributed by atoms with Crippen molar-refractivity contribution in [2.45, 2.75) is 31.1 Å². The van der Waals surface area contributed by atoms with E-state index in [1.54, 1.807) is 22.6 Å². The van der Waals surface area contributed by atoms with Gasteiger partial charge in [0.25, 0.3) is 0 Å². The Morgan fingerprint density at radius 3 is 2.76 bits per heavy atom. The van der Waals surface area contributed by atoms with Gasteiger partial charge in [-0.25, -0.2) is 8.42 Å². The van der Waals surface area contributed by atoms with Gasteiger partial charge < -0.3 is 10.7 Å². The fourth-order valence-corrected chi connectivity index (χ4v) is 4.51. The quantitative estimate of drug-likeness (QED) is 0.833. The van der Waals surface area contributed by atoms with Gasteiger partial charge in [0.2, 0.25) is 10.0 Å². The van der Waals surface area contributed by atoms with Gasteiger partial charge in [-0.15, -0.1) is 0 Å². The monoisotopic (exact) mass is 307 g/mol. The van der Waals surface area contributed by atoms with E-state index < -0.39 is 10.0 Å². The summed E-state index contributed by atoms with van der Waals surface area (Å²) in [5.41, 5.74) is 7.16. The van der Waals surface area contributed by atoms with Crippen LogP contribution in [0, 0.1) is 5.92 Å². The Kier molecular flexibility index (Phi) is 3.67. The van der Waals surface area contributed by atoms with Gasteiger partial charge in [0.05, 0.1) is 0 Å². The van der Waals surface area contributed by atoms with E-state index in [1.165, 1.54) is 6.42 Å². The van der Waals surface area contributed by atoms with Crippen molar-refractivity contribution in [1.29, 1.82) is 0 Å². The lowest BCUT2D eigenvalue weighted by Crippen LogP contribution is -2.37. The number of benzene rings is 1. The highest BCUT2D eigenvalue weighted by Crippen LogP contribution is 2.31. The van der Waals surface area contributed by atoms with Crippen LogP contribution in [0.1, 0.15) is 26.2 Å². The van der Waals surface area contributed by atoms with Gasteiger partial charge in [-0.05, 0) is 37.0 Å². The van der Waals surface area contributed by atoms with Crippen LogP contribution in [0.3, 0.4) is 0 Å². The van der Waals surface area contributed by atoms with E-state index >= 15 is 0 Å². The average molecular weight is 307 g/mol. The number of anilines is 1. The maximum Gasteiger partial charge on any atom is 0.245 e. The lowest BCUT2D eigenvalue weighted by atomic mass is 9.85. The van der Waals surface area contributed by atoms with Gasteiger partial charge in [-0.1, -0.05) is 13.3 Å². The third kappa shape index (κ3) is 2.53. The lowest BCUT2D eigenvalue weighted by Gasteiger charge is -2.31. The molecule has 0 aliphatic heterocycles. The lowest BCUT2D eigenvalue weighted by molar-refractivity contribution is 0.250. The maximum absolute atomic E-state index is 12.9. The number of aromatic nitrogens is 1. The minimum Gasteiger partial charge on any atom is -0.399 e. The Morgan fingerprint density at radius 2 is 2.14 bits per heavy atom. The number of nitrogens with one attached hydrogen (secondary N) is 1. The molecule has 1 aliphatic rings. The summed E-state index contributed by atoms with van der Waals surface area (Å²) in [6.07, 6.45) is 5.05. The molecule has 0 radical (unpaired) electrons. The van der Waals surface area contributed by atoms with Crippen LogP contribution in [-0.4, -0.2) is 30.8 Å². The van der Waals surface area contributed by atoms with Gasteiger partial charge in [-0.2, -0.15) is 4.31 Å². The highest BCUT2D eigenvalue weighted by atomic mass is 32.2. The predicted octanol–water partition coefficient (Wildman–Crippen LogP) is 2.56. The fraction of sp³-hybridized carbons (Fsp3) is 0.467. The molecular formula is C15H21N3O2S. The molecule has 5 nitrogen and oxygen atoms in total. The van der Waals surface area contributed by atoms with Crippen LogP contribution >= 0.6 is 0 Å². The zero-order valence-corrected chi connectivity index (χ0v) is 13.0. The van der Waals surface area contributed by atoms with Gasteiger partial charge >= 0.3 is 0 Å². The largest absolute Gasteiger partial charge is 0.399 e. The molecule has 0 amide bonds. The normalized spacial score (nSPS) is 16.5. The summed E-state index contributed by atoms with van der Waals surface area (Å²) in [5, 5.41) is 0.669. The zero-order chi connectivity index (χ0) is 15.0. The zero-order valence-electron chi connectivity index (χ0n) is 12.2. The highest BCUT2D eigenvalue weighted by Gasteiger charge is 2.30. The van der Waals surface area contributed by atoms with Gasteiger partial charge in [0.15, 0.2) is 0 Å². The SMILES string of the molecule is CCN(CC1CCC1)S(=O)(=O)c1c[nH]c2ccc(N)cc12. The third-order valence-corrected chi connectivity index (χ3v) is 6.31. The number of nitrogens with zero attached hydrogens (tertiary/aromatic N) is 1. The molecule has 3 N–H and O–H groups in total. The minimum atomic E-state index is -3.48. The molecule has 0 atom stereocenters. The van der Waals surface area contributed by atoms with Gasteiger partial charge in [-0.3, -0.25) is 0 Å². The highest BCUT2D eigenvalue weighted by molar-refractivity contribution is 7.89. The molecule has 1 heterocycles. The molecule has 1 aromatic heterocycles. The Balaban J connectivity index is 1.99. The first-order valence-corrected chi connectivity index (χ1v) is 8.83. The summed E-state index contributed by atoms with van der Waals surface area (Å²) in [7, 11) is -3.48. The smallest absolute Gasteiger partial charge is 0.245 e. The number of H-pyrrole nitrogens is 1. The van der Waals surface area contributed by atoms with Crippen molar-refractivity contribution in [1.82, 2.24) is 9.29 Å². The van der Waals surface area contributed by atoms with Crippen LogP contribution in [0.15, 0.2) is 29.3 Å². The van der Waals surface area contributed by atoms with Crippen molar-refractivity contribution < 1.29 is 8.42 Å². The van der Waals surface area contributed by atoms with Crippen LogP contribution in [0.25, 0.3) is 10.9 Å². The van der Waals surface area contributed by atoms with Crippen molar-refractivity contribution in [3.63, 3.8) is 0 Å². The number of sulfonamides is 1. The second kappa shape index (κ2) is 5.35. The van der Waals surface area contributed by atoms with E-state index in [2.05, 4.69) is 4.98 Å². The average Bonchev–Trinajstić information content (AvgIpc) is 2.80. The topological polar surface area (TPSA) is 79.2 Å². The Morgan fingerprint density at radius 1 is 1.38 bits per heavy atom. The molecule has 21 heavy (non-hydrogen) atoms. The summed E-state index contributed by atoms with van der Waals surface area (Å²) in [4.78, 5) is 3.35. The number of nitrogens with two attached hydrogens (primary N) is 1. The first-order valence-electron chi connectivity index (χ1n) is 7.39. The van der Waals surface area contributed by atoms with E-state index in [0.717, 1.165) is 18.4 Å². The number of rotatable bonds is 5. The molecule has 0 saturated heterocycles. The number of fused-ring (bicyclic) bond motifs is 1. The molecule has 1 fully saturated rings. The minimum absolute atomic E-state index is 0.325. The molecule has 6 heteroatoms. The number of aromatic amines is 1. The van der Waals surface area contributed by atoms with Crippen LogP contribution < -0.4 is 5.73 Å². The molecule has 0 bridgehead atoms. The molecule has 114 valence electrons. The number of hydrogen-bond donors (Lipinski definition) is 2. The van der Waals surface area contributed by atoms with E-state index in [0.29, 0.717) is 35.0 Å². The van der Waals surface area contributed by atoms with Crippen molar-refractivity contribution in [2.24, 2.45) is 5.92 Å². The van der Waals surface area contributed by atoms with Crippen molar-refractivity contribution >= 4 is 26.6 Å². The first kappa shape index (κ1) is 14.4. The molecule has 3 rings (SSSR count). The number of hydrogen-bond acceptors (Lipinski definition) is 3. The molecule has 1 aliphatic carbocycles. The standard InChI is InChI=1S/C15H21N3O2S/c1-2-18(10-11-4-3-5-11)21(19,20)15-9-17-14-7-6-12(16)8-13(14)15/h6-9,11,17H,2-5,10,16H2,1H3. The van der Waals surface area contributed by atoms with Crippen molar-refractivity contribution in [3.05, 3.63) is 24.4 Å². The second-order valence-electron chi connectivity index (χ2n) is 5.71. The summed E-state index contributed by atoms with van der Waals surface area (Å²) in [5.74, 6) is 0.509. The third-order valence-electron chi connectivity index (χ3n) is 4.32. The van der Waals surface area contributed by atoms with Crippen LogP contribution in [0.5, 0.6) is 0 Å². The molecule has 0 spiro atoms. The van der Waals surface area contributed by atoms with Crippen molar-refractivity contribution in [3.8, 4) is 0 Å². The van der Waals surface area contributed by atoms with Crippen LogP contribution in [-0.2, 0) is 10.0 Å². The van der Waals surface area contributed by atoms with Gasteiger partial charge in [0, 0.05) is 35.9 Å². The molecule has 1 saturated carbocycles. The van der Waals surface area contributed by atoms with E-state index in [4.69, 9.17) is 5.73 Å². The van der Waals surface area contributed by atoms with E-state index in [1.807, 2.05) is 13.0 Å². The summed E-state index contributed by atoms with van der Waals surface area (Å²) in [6.45, 7) is 3.00. The van der Waals surface area contributed by atoms with E-state index in [-0.39, 0.29) is 0 Å². The molecular weight excluding hydrogens is 286 g/mol. The Labute approximate surface area is 125 Å². The summed E-state index contributed by atoms with van der Waals surface area (Å²) < 4.78 is 27.4. The Hall–Kier alpha value is -1.53. The maximum atomic E-state index is 12.9. The molecule has 2 aromatic rings. The fourth-order valence-electron chi connectivity index (χ4n) is 2.83. The molecule has 0 unspecified atom stereocenters. The number of nitrogen functional groups attached to an aromatic ring is 1. The van der Waals surface area contributed by atoms with Gasteiger partial charge in [0.1, 0.15) is 4.90 Å². The predicted molar refractivity (Wildman–Crippen MR) is 84.5 cm³/mol. The van der Waals surface area contributed by atoms with Crippen LogP contribution in [0.2, 0.25) is 0 Å². The summed E-state index contributed by atoms with van der Waals surface area (Å²) in [6, 6.07) is 5.29. The van der Waals surface area contributed by atoms with E-state index in [9.17, 15) is 8.42 Å². The Bertz CT molecular complexity index is 747. The van der Waals surface area contributed by atoms with Crippen molar-refractivity contribution in [2.75, 3.05) is 18.8 Å². The second-order valence-corrected chi connectivity index (χ2v) is 7.62. The molecule has 1 aromatic carbocycles. The summed E-state index contributed by atoms with van der Waals surface area (Å²) >= 11 is 0. The first-order chi connectivity index (χ1) is 10.0. The van der Waals surface area contributed by atoms with Crippen LogP contribution in [0.4, 0.5) is 5.69 Å².